The fourth-order valence-electron chi connectivity index (χ4n) is 2.16. The minimum absolute atomic E-state index is 0.157. The first-order valence-corrected chi connectivity index (χ1v) is 6.24. The maximum absolute atomic E-state index is 9.60. The molecule has 3 heteroatoms. The van der Waals surface area contributed by atoms with E-state index in [4.69, 9.17) is 4.74 Å². The van der Waals surface area contributed by atoms with Crippen LogP contribution >= 0.6 is 0 Å². The molecule has 0 radical (unpaired) electrons. The molecule has 0 aromatic rings. The molecule has 1 fully saturated rings. The Bertz CT molecular complexity index is 164. The van der Waals surface area contributed by atoms with Crippen molar-refractivity contribution in [1.29, 1.82) is 0 Å². The van der Waals surface area contributed by atoms with Crippen LogP contribution in [0.25, 0.3) is 0 Å². The SMILES string of the molecule is CCOCC1CCCN(CC(O)CC)C1. The molecule has 0 amide bonds. The van der Waals surface area contributed by atoms with E-state index in [-0.39, 0.29) is 6.10 Å². The van der Waals surface area contributed by atoms with Crippen molar-refractivity contribution in [2.24, 2.45) is 5.92 Å². The monoisotopic (exact) mass is 215 g/mol. The quantitative estimate of drug-likeness (QED) is 0.729. The largest absolute Gasteiger partial charge is 0.392 e. The molecule has 2 unspecified atom stereocenters. The number of ether oxygens (including phenoxy) is 1. The molecule has 90 valence electrons. The van der Waals surface area contributed by atoms with Gasteiger partial charge in [0.05, 0.1) is 12.7 Å². The van der Waals surface area contributed by atoms with Gasteiger partial charge in [-0.05, 0) is 38.6 Å². The van der Waals surface area contributed by atoms with Crippen molar-refractivity contribution in [2.45, 2.75) is 39.2 Å². The Morgan fingerprint density at radius 2 is 2.27 bits per heavy atom. The van der Waals surface area contributed by atoms with Crippen LogP contribution in [0.1, 0.15) is 33.1 Å². The zero-order valence-corrected chi connectivity index (χ0v) is 10.1. The van der Waals surface area contributed by atoms with E-state index in [0.717, 1.165) is 39.3 Å². The first kappa shape index (κ1) is 12.9. The Balaban J connectivity index is 2.22. The van der Waals surface area contributed by atoms with E-state index < -0.39 is 0 Å². The van der Waals surface area contributed by atoms with Gasteiger partial charge in [-0.15, -0.1) is 0 Å². The summed E-state index contributed by atoms with van der Waals surface area (Å²) in [4.78, 5) is 2.38. The fraction of sp³-hybridized carbons (Fsp3) is 1.00. The smallest absolute Gasteiger partial charge is 0.0664 e. The van der Waals surface area contributed by atoms with Crippen molar-refractivity contribution in [3.05, 3.63) is 0 Å². The summed E-state index contributed by atoms with van der Waals surface area (Å²) in [6, 6.07) is 0. The molecule has 1 saturated heterocycles. The number of rotatable bonds is 6. The number of nitrogens with zero attached hydrogens (tertiary/aromatic N) is 1. The van der Waals surface area contributed by atoms with Crippen LogP contribution in [0, 0.1) is 5.92 Å². The van der Waals surface area contributed by atoms with Crippen molar-refractivity contribution in [1.82, 2.24) is 4.90 Å². The highest BCUT2D eigenvalue weighted by Gasteiger charge is 2.21. The Kier molecular flexibility index (Phi) is 6.22. The highest BCUT2D eigenvalue weighted by molar-refractivity contribution is 4.74. The molecule has 0 aliphatic carbocycles. The molecule has 0 saturated carbocycles. The molecular weight excluding hydrogens is 190 g/mol. The third-order valence-electron chi connectivity index (χ3n) is 3.10. The number of likely N-dealkylation sites (tertiary alicyclic amines) is 1. The molecule has 1 N–H and O–H groups in total. The molecule has 1 aliphatic heterocycles. The molecule has 0 aromatic carbocycles. The second-order valence-corrected chi connectivity index (χ2v) is 4.49. The molecule has 1 aliphatic rings. The van der Waals surface area contributed by atoms with Crippen LogP contribution < -0.4 is 0 Å². The van der Waals surface area contributed by atoms with Gasteiger partial charge in [0.1, 0.15) is 0 Å². The number of aliphatic hydroxyl groups is 1. The fourth-order valence-corrected chi connectivity index (χ4v) is 2.16. The van der Waals surface area contributed by atoms with E-state index in [2.05, 4.69) is 4.90 Å². The summed E-state index contributed by atoms with van der Waals surface area (Å²) < 4.78 is 5.46. The Morgan fingerprint density at radius 1 is 1.47 bits per heavy atom. The number of hydrogen-bond acceptors (Lipinski definition) is 3. The number of piperidine rings is 1. The molecule has 0 spiro atoms. The molecular formula is C12H25NO2. The van der Waals surface area contributed by atoms with Crippen molar-refractivity contribution in [3.8, 4) is 0 Å². The van der Waals surface area contributed by atoms with Crippen molar-refractivity contribution < 1.29 is 9.84 Å². The maximum Gasteiger partial charge on any atom is 0.0664 e. The predicted molar refractivity (Wildman–Crippen MR) is 62.0 cm³/mol. The lowest BCUT2D eigenvalue weighted by atomic mass is 9.98. The second-order valence-electron chi connectivity index (χ2n) is 4.49. The van der Waals surface area contributed by atoms with E-state index in [1.807, 2.05) is 13.8 Å². The molecule has 15 heavy (non-hydrogen) atoms. The van der Waals surface area contributed by atoms with Crippen LogP contribution in [-0.2, 0) is 4.74 Å². The van der Waals surface area contributed by atoms with Crippen molar-refractivity contribution in [2.75, 3.05) is 32.8 Å². The van der Waals surface area contributed by atoms with Crippen LogP contribution in [-0.4, -0.2) is 49.0 Å². The zero-order chi connectivity index (χ0) is 11.1. The average molecular weight is 215 g/mol. The Hall–Kier alpha value is -0.120. The van der Waals surface area contributed by atoms with Gasteiger partial charge in [0.2, 0.25) is 0 Å². The Labute approximate surface area is 93.4 Å². The number of aliphatic hydroxyl groups excluding tert-OH is 1. The van der Waals surface area contributed by atoms with Gasteiger partial charge in [-0.2, -0.15) is 0 Å². The summed E-state index contributed by atoms with van der Waals surface area (Å²) >= 11 is 0. The normalized spacial score (nSPS) is 25.4. The van der Waals surface area contributed by atoms with Crippen LogP contribution in [0.15, 0.2) is 0 Å². The zero-order valence-electron chi connectivity index (χ0n) is 10.1. The highest BCUT2D eigenvalue weighted by Crippen LogP contribution is 2.17. The summed E-state index contributed by atoms with van der Waals surface area (Å²) in [5.74, 6) is 0.669. The van der Waals surface area contributed by atoms with Gasteiger partial charge < -0.3 is 14.7 Å². The third-order valence-corrected chi connectivity index (χ3v) is 3.10. The lowest BCUT2D eigenvalue weighted by molar-refractivity contribution is 0.0436. The van der Waals surface area contributed by atoms with Gasteiger partial charge in [-0.1, -0.05) is 6.92 Å². The van der Waals surface area contributed by atoms with E-state index in [0.29, 0.717) is 5.92 Å². The molecule has 0 aromatic heterocycles. The predicted octanol–water partition coefficient (Wildman–Crippen LogP) is 1.51. The molecule has 2 atom stereocenters. The third kappa shape index (κ3) is 4.96. The molecule has 0 bridgehead atoms. The topological polar surface area (TPSA) is 32.7 Å². The van der Waals surface area contributed by atoms with Gasteiger partial charge in [0.15, 0.2) is 0 Å². The summed E-state index contributed by atoms with van der Waals surface area (Å²) in [5, 5.41) is 9.60. The lowest BCUT2D eigenvalue weighted by Crippen LogP contribution is -2.41. The summed E-state index contributed by atoms with van der Waals surface area (Å²) in [5.41, 5.74) is 0. The highest BCUT2D eigenvalue weighted by atomic mass is 16.5. The van der Waals surface area contributed by atoms with Gasteiger partial charge in [0, 0.05) is 19.7 Å². The first-order valence-electron chi connectivity index (χ1n) is 6.24. The molecule has 1 rings (SSSR count). The minimum atomic E-state index is -0.157. The lowest BCUT2D eigenvalue weighted by Gasteiger charge is -2.33. The van der Waals surface area contributed by atoms with Crippen molar-refractivity contribution >= 4 is 0 Å². The Morgan fingerprint density at radius 3 is 2.93 bits per heavy atom. The van der Waals surface area contributed by atoms with Gasteiger partial charge in [-0.3, -0.25) is 0 Å². The summed E-state index contributed by atoms with van der Waals surface area (Å²) in [6.07, 6.45) is 3.22. The minimum Gasteiger partial charge on any atom is -0.392 e. The molecule has 3 nitrogen and oxygen atoms in total. The van der Waals surface area contributed by atoms with Crippen LogP contribution in [0.3, 0.4) is 0 Å². The summed E-state index contributed by atoms with van der Waals surface area (Å²) in [7, 11) is 0. The van der Waals surface area contributed by atoms with Gasteiger partial charge in [0.25, 0.3) is 0 Å². The van der Waals surface area contributed by atoms with E-state index in [1.165, 1.54) is 12.8 Å². The number of β-amino-alcohol motifs (C(OH)–C–C–N with tert-alkyl or cyclic N) is 1. The first-order chi connectivity index (χ1) is 7.26. The van der Waals surface area contributed by atoms with Gasteiger partial charge >= 0.3 is 0 Å². The number of hydrogen-bond donors (Lipinski definition) is 1. The van der Waals surface area contributed by atoms with Crippen molar-refractivity contribution in [3.63, 3.8) is 0 Å². The van der Waals surface area contributed by atoms with E-state index in [9.17, 15) is 5.11 Å². The maximum atomic E-state index is 9.60. The van der Waals surface area contributed by atoms with E-state index >= 15 is 0 Å². The van der Waals surface area contributed by atoms with Crippen LogP contribution in [0.2, 0.25) is 0 Å². The molecule has 1 heterocycles. The second kappa shape index (κ2) is 7.20. The van der Waals surface area contributed by atoms with Crippen LogP contribution in [0.4, 0.5) is 0 Å². The summed E-state index contributed by atoms with van der Waals surface area (Å²) in [6.45, 7) is 8.84. The van der Waals surface area contributed by atoms with E-state index in [1.54, 1.807) is 0 Å². The average Bonchev–Trinajstić information content (AvgIpc) is 2.26. The van der Waals surface area contributed by atoms with Crippen LogP contribution in [0.5, 0.6) is 0 Å². The standard InChI is InChI=1S/C12H25NO2/c1-3-12(14)9-13-7-5-6-11(8-13)10-15-4-2/h11-12,14H,3-10H2,1-2H3. The van der Waals surface area contributed by atoms with Gasteiger partial charge in [-0.25, -0.2) is 0 Å².